The Morgan fingerprint density at radius 3 is 2.61 bits per heavy atom. The zero-order valence-electron chi connectivity index (χ0n) is 11.0. The Kier molecular flexibility index (Phi) is 3.80. The third-order valence-corrected chi connectivity index (χ3v) is 5.70. The molecule has 0 spiro atoms. The average Bonchev–Trinajstić information content (AvgIpc) is 2.60. The summed E-state index contributed by atoms with van der Waals surface area (Å²) in [5.74, 6) is -0.229. The van der Waals surface area contributed by atoms with Crippen molar-refractivity contribution in [2.75, 3.05) is 0 Å². The molecule has 5 heteroatoms. The van der Waals surface area contributed by atoms with Crippen LogP contribution in [0.15, 0.2) is 16.6 Å². The largest absolute Gasteiger partial charge is 0.597 e. The fourth-order valence-electron chi connectivity index (χ4n) is 2.16. The summed E-state index contributed by atoms with van der Waals surface area (Å²) >= 11 is 2.06. The van der Waals surface area contributed by atoms with Gasteiger partial charge in [-0.1, -0.05) is 6.07 Å². The monoisotopic (exact) mass is 333 g/mol. The molecule has 1 aliphatic rings. The van der Waals surface area contributed by atoms with Crippen LogP contribution in [0.4, 0.5) is 4.39 Å². The summed E-state index contributed by atoms with van der Waals surface area (Å²) in [5.41, 5.74) is 1.60. The van der Waals surface area contributed by atoms with E-state index in [1.54, 1.807) is 6.07 Å². The highest BCUT2D eigenvalue weighted by Gasteiger charge is 2.42. The van der Waals surface area contributed by atoms with Crippen molar-refractivity contribution in [2.45, 2.75) is 45.0 Å². The number of hydrogen-bond donors (Lipinski definition) is 0. The summed E-state index contributed by atoms with van der Waals surface area (Å²) < 4.78 is 28.5. The van der Waals surface area contributed by atoms with Gasteiger partial charge in [0.2, 0.25) is 0 Å². The predicted octanol–water partition coefficient (Wildman–Crippen LogP) is 3.93. The van der Waals surface area contributed by atoms with E-state index in [-0.39, 0.29) is 16.6 Å². The van der Waals surface area contributed by atoms with Gasteiger partial charge in [-0.3, -0.25) is 0 Å². The summed E-state index contributed by atoms with van der Waals surface area (Å²) in [6.45, 7) is 8.19. The van der Waals surface area contributed by atoms with Gasteiger partial charge < -0.3 is 4.55 Å². The van der Waals surface area contributed by atoms with Crippen LogP contribution in [0.3, 0.4) is 0 Å². The van der Waals surface area contributed by atoms with E-state index in [9.17, 15) is 8.94 Å². The molecular formula is C13H17BrFNOS. The molecule has 2 nitrogen and oxygen atoms in total. The summed E-state index contributed by atoms with van der Waals surface area (Å²) in [4.78, 5) is 0. The number of rotatable bonds is 1. The van der Waals surface area contributed by atoms with Crippen molar-refractivity contribution in [3.05, 3.63) is 33.5 Å². The second-order valence-corrected chi connectivity index (χ2v) is 8.59. The molecule has 1 heterocycles. The lowest BCUT2D eigenvalue weighted by Crippen LogP contribution is -2.41. The summed E-state index contributed by atoms with van der Waals surface area (Å²) in [6, 6.07) is 3.61. The molecule has 1 unspecified atom stereocenters. The van der Waals surface area contributed by atoms with Crippen LogP contribution in [0.1, 0.15) is 44.9 Å². The molecule has 0 radical (unpaired) electrons. The van der Waals surface area contributed by atoms with Crippen LogP contribution < -0.4 is 0 Å². The molecule has 0 N–H and O–H groups in total. The molecule has 2 rings (SSSR count). The molecule has 0 aromatic heterocycles. The number of fused-ring (bicyclic) bond motifs is 1. The molecular weight excluding hydrogens is 317 g/mol. The molecule has 0 amide bonds. The van der Waals surface area contributed by atoms with Gasteiger partial charge in [-0.15, -0.1) is 4.31 Å². The van der Waals surface area contributed by atoms with Crippen molar-refractivity contribution < 1.29 is 8.94 Å². The lowest BCUT2D eigenvalue weighted by molar-refractivity contribution is 0.354. The standard InChI is InChI=1S/C13H17BrFNOS/c1-8-9-5-6-11(14)12(15)10(9)7-16(8)18(17)13(2,3)4/h5-6,8H,7H2,1-4H3/t8-,18?/m0/s1. The van der Waals surface area contributed by atoms with Crippen LogP contribution in [0.25, 0.3) is 0 Å². The Labute approximate surface area is 119 Å². The summed E-state index contributed by atoms with van der Waals surface area (Å²) in [6.07, 6.45) is 0. The second-order valence-electron chi connectivity index (χ2n) is 5.54. The highest BCUT2D eigenvalue weighted by Crippen LogP contribution is 2.41. The average molecular weight is 334 g/mol. The van der Waals surface area contributed by atoms with Gasteiger partial charge >= 0.3 is 0 Å². The van der Waals surface area contributed by atoms with Crippen LogP contribution in [-0.2, 0) is 17.9 Å². The number of benzene rings is 1. The Balaban J connectivity index is 2.36. The third kappa shape index (κ3) is 2.33. The Morgan fingerprint density at radius 1 is 1.44 bits per heavy atom. The van der Waals surface area contributed by atoms with Gasteiger partial charge in [-0.05, 0) is 55.3 Å². The van der Waals surface area contributed by atoms with Gasteiger partial charge in [0.05, 0.1) is 17.1 Å². The SMILES string of the molecule is C[C@H]1c2ccc(Br)c(F)c2CN1[S+]([O-])C(C)(C)C. The van der Waals surface area contributed by atoms with E-state index in [1.807, 2.05) is 38.1 Å². The third-order valence-electron chi connectivity index (χ3n) is 3.17. The molecule has 1 aromatic rings. The van der Waals surface area contributed by atoms with E-state index in [1.165, 1.54) is 0 Å². The Bertz CT molecular complexity index is 475. The minimum atomic E-state index is -1.13. The van der Waals surface area contributed by atoms with Crippen LogP contribution in [-0.4, -0.2) is 13.6 Å². The van der Waals surface area contributed by atoms with Crippen molar-refractivity contribution in [2.24, 2.45) is 0 Å². The van der Waals surface area contributed by atoms with Crippen LogP contribution in [0.2, 0.25) is 0 Å². The minimum absolute atomic E-state index is 0.0114. The highest BCUT2D eigenvalue weighted by atomic mass is 79.9. The maximum atomic E-state index is 14.0. The quantitative estimate of drug-likeness (QED) is 0.728. The predicted molar refractivity (Wildman–Crippen MR) is 76.0 cm³/mol. The van der Waals surface area contributed by atoms with Crippen LogP contribution in [0.5, 0.6) is 0 Å². The van der Waals surface area contributed by atoms with Gasteiger partial charge in [0.1, 0.15) is 10.6 Å². The summed E-state index contributed by atoms with van der Waals surface area (Å²) in [5, 5.41) is 0. The topological polar surface area (TPSA) is 26.3 Å². The lowest BCUT2D eigenvalue weighted by atomic mass is 10.1. The molecule has 0 bridgehead atoms. The fourth-order valence-corrected chi connectivity index (χ4v) is 3.88. The maximum absolute atomic E-state index is 14.0. The van der Waals surface area contributed by atoms with Gasteiger partial charge in [-0.25, -0.2) is 4.39 Å². The summed E-state index contributed by atoms with van der Waals surface area (Å²) in [7, 11) is 0. The van der Waals surface area contributed by atoms with Crippen molar-refractivity contribution in [3.8, 4) is 0 Å². The molecule has 0 fully saturated rings. The van der Waals surface area contributed by atoms with E-state index in [0.717, 1.165) is 5.56 Å². The van der Waals surface area contributed by atoms with Gasteiger partial charge in [-0.2, -0.15) is 0 Å². The lowest BCUT2D eigenvalue weighted by Gasteiger charge is -2.32. The van der Waals surface area contributed by atoms with E-state index >= 15 is 0 Å². The molecule has 1 aromatic carbocycles. The van der Waals surface area contributed by atoms with Crippen LogP contribution >= 0.6 is 15.9 Å². The van der Waals surface area contributed by atoms with E-state index in [0.29, 0.717) is 16.6 Å². The van der Waals surface area contributed by atoms with Crippen molar-refractivity contribution in [1.82, 2.24) is 4.31 Å². The molecule has 100 valence electrons. The van der Waals surface area contributed by atoms with Crippen LogP contribution in [0, 0.1) is 5.82 Å². The maximum Gasteiger partial charge on any atom is 0.142 e. The molecule has 0 aliphatic carbocycles. The molecule has 2 atom stereocenters. The normalized spacial score (nSPS) is 22.1. The second kappa shape index (κ2) is 4.78. The van der Waals surface area contributed by atoms with Gasteiger partial charge in [0.15, 0.2) is 0 Å². The van der Waals surface area contributed by atoms with Crippen molar-refractivity contribution in [3.63, 3.8) is 0 Å². The first-order chi connectivity index (χ1) is 8.23. The molecule has 0 saturated carbocycles. The Morgan fingerprint density at radius 2 is 2.06 bits per heavy atom. The molecule has 18 heavy (non-hydrogen) atoms. The number of nitrogens with zero attached hydrogens (tertiary/aromatic N) is 1. The van der Waals surface area contributed by atoms with Crippen molar-refractivity contribution in [1.29, 1.82) is 0 Å². The van der Waals surface area contributed by atoms with Gasteiger partial charge in [0.25, 0.3) is 0 Å². The van der Waals surface area contributed by atoms with E-state index < -0.39 is 11.4 Å². The van der Waals surface area contributed by atoms with Crippen molar-refractivity contribution >= 4 is 27.3 Å². The van der Waals surface area contributed by atoms with Gasteiger partial charge in [0, 0.05) is 16.9 Å². The van der Waals surface area contributed by atoms with E-state index in [2.05, 4.69) is 15.9 Å². The minimum Gasteiger partial charge on any atom is -0.597 e. The zero-order chi connectivity index (χ0) is 13.7. The first kappa shape index (κ1) is 14.3. The fraction of sp³-hybridized carbons (Fsp3) is 0.538. The Hall–Kier alpha value is -0.100. The smallest absolute Gasteiger partial charge is 0.142 e. The number of hydrogen-bond acceptors (Lipinski definition) is 2. The molecule has 0 saturated heterocycles. The first-order valence-electron chi connectivity index (χ1n) is 5.89. The highest BCUT2D eigenvalue weighted by molar-refractivity contribution is 9.10. The molecule has 1 aliphatic heterocycles. The first-order valence-corrected chi connectivity index (χ1v) is 7.79. The number of halogens is 2. The van der Waals surface area contributed by atoms with E-state index in [4.69, 9.17) is 0 Å². The zero-order valence-corrected chi connectivity index (χ0v) is 13.4.